The van der Waals surface area contributed by atoms with E-state index >= 15 is 0 Å². The second kappa shape index (κ2) is 6.82. The summed E-state index contributed by atoms with van der Waals surface area (Å²) in [6.07, 6.45) is 3.74. The van der Waals surface area contributed by atoms with E-state index < -0.39 is 5.97 Å². The first-order valence-electron chi connectivity index (χ1n) is 8.16. The Hall–Kier alpha value is -2.70. The Kier molecular flexibility index (Phi) is 4.59. The van der Waals surface area contributed by atoms with Gasteiger partial charge in [-0.25, -0.2) is 9.48 Å². The summed E-state index contributed by atoms with van der Waals surface area (Å²) < 4.78 is 1.53. The smallest absolute Gasteiger partial charge is 0.358 e. The summed E-state index contributed by atoms with van der Waals surface area (Å²) in [4.78, 5) is 23.3. The standard InChI is InChI=1S/C17H20N4O3/c1-2-3-14-15(17(23)24)19-20-21(14)13-8-6-12(7-9-13)16(22)18-10-11-4-5-11/h6-9,11H,2-5,10H2,1H3,(H,18,22)(H,23,24). The zero-order valence-corrected chi connectivity index (χ0v) is 13.5. The molecule has 0 radical (unpaired) electrons. The molecule has 2 N–H and O–H groups in total. The van der Waals surface area contributed by atoms with Gasteiger partial charge >= 0.3 is 5.97 Å². The van der Waals surface area contributed by atoms with E-state index in [4.69, 9.17) is 0 Å². The lowest BCUT2D eigenvalue weighted by atomic mass is 10.1. The minimum atomic E-state index is -1.08. The first-order valence-corrected chi connectivity index (χ1v) is 8.16. The SMILES string of the molecule is CCCc1c(C(=O)O)nnn1-c1ccc(C(=O)NCC2CC2)cc1. The lowest BCUT2D eigenvalue weighted by Crippen LogP contribution is -2.25. The van der Waals surface area contributed by atoms with Crippen LogP contribution in [0, 0.1) is 5.92 Å². The molecule has 0 saturated heterocycles. The van der Waals surface area contributed by atoms with E-state index in [9.17, 15) is 14.7 Å². The van der Waals surface area contributed by atoms with Crippen molar-refractivity contribution in [3.8, 4) is 5.69 Å². The highest BCUT2D eigenvalue weighted by molar-refractivity contribution is 5.94. The van der Waals surface area contributed by atoms with Gasteiger partial charge in [0, 0.05) is 12.1 Å². The summed E-state index contributed by atoms with van der Waals surface area (Å²) in [6, 6.07) is 6.95. The zero-order chi connectivity index (χ0) is 17.1. The van der Waals surface area contributed by atoms with Crippen molar-refractivity contribution in [2.75, 3.05) is 6.54 Å². The van der Waals surface area contributed by atoms with Gasteiger partial charge in [-0.2, -0.15) is 0 Å². The number of hydrogen-bond donors (Lipinski definition) is 2. The molecule has 1 aliphatic carbocycles. The highest BCUT2D eigenvalue weighted by Crippen LogP contribution is 2.27. The van der Waals surface area contributed by atoms with Crippen molar-refractivity contribution < 1.29 is 14.7 Å². The summed E-state index contributed by atoms with van der Waals surface area (Å²) in [5.41, 5.74) is 1.81. The van der Waals surface area contributed by atoms with E-state index in [0.29, 0.717) is 29.3 Å². The molecule has 1 amide bonds. The molecule has 1 fully saturated rings. The summed E-state index contributed by atoms with van der Waals surface area (Å²) >= 11 is 0. The van der Waals surface area contributed by atoms with Crippen LogP contribution >= 0.6 is 0 Å². The van der Waals surface area contributed by atoms with Crippen molar-refractivity contribution in [1.82, 2.24) is 20.3 Å². The van der Waals surface area contributed by atoms with Crippen molar-refractivity contribution in [2.24, 2.45) is 5.92 Å². The molecule has 1 aromatic carbocycles. The lowest BCUT2D eigenvalue weighted by molar-refractivity contribution is 0.0689. The molecule has 1 aliphatic rings. The largest absolute Gasteiger partial charge is 0.476 e. The third-order valence-corrected chi connectivity index (χ3v) is 4.07. The molecular weight excluding hydrogens is 308 g/mol. The topological polar surface area (TPSA) is 97.1 Å². The summed E-state index contributed by atoms with van der Waals surface area (Å²) in [5.74, 6) is -0.540. The first-order chi connectivity index (χ1) is 11.6. The molecule has 2 aromatic rings. The van der Waals surface area contributed by atoms with Gasteiger partial charge in [0.2, 0.25) is 0 Å². The average Bonchev–Trinajstić information content (AvgIpc) is 3.32. The van der Waals surface area contributed by atoms with E-state index in [1.807, 2.05) is 6.92 Å². The van der Waals surface area contributed by atoms with Crippen LogP contribution in [-0.2, 0) is 6.42 Å². The van der Waals surface area contributed by atoms with Crippen LogP contribution in [0.25, 0.3) is 5.69 Å². The van der Waals surface area contributed by atoms with Crippen LogP contribution in [0.1, 0.15) is 52.7 Å². The number of carbonyl (C=O) groups excluding carboxylic acids is 1. The van der Waals surface area contributed by atoms with Gasteiger partial charge in [0.15, 0.2) is 5.69 Å². The minimum Gasteiger partial charge on any atom is -0.476 e. The highest BCUT2D eigenvalue weighted by Gasteiger charge is 2.22. The normalized spacial score (nSPS) is 13.7. The van der Waals surface area contributed by atoms with Gasteiger partial charge in [0.25, 0.3) is 5.91 Å². The fraction of sp³-hybridized carbons (Fsp3) is 0.412. The van der Waals surface area contributed by atoms with Crippen LogP contribution in [0.4, 0.5) is 0 Å². The Morgan fingerprint density at radius 1 is 1.29 bits per heavy atom. The molecule has 0 unspecified atom stereocenters. The third kappa shape index (κ3) is 3.45. The number of rotatable bonds is 7. The number of aromatic nitrogens is 3. The molecule has 0 spiro atoms. The number of aromatic carboxylic acids is 1. The van der Waals surface area contributed by atoms with Gasteiger partial charge in [0.05, 0.1) is 11.4 Å². The maximum atomic E-state index is 12.1. The maximum absolute atomic E-state index is 12.1. The quantitative estimate of drug-likeness (QED) is 0.811. The third-order valence-electron chi connectivity index (χ3n) is 4.07. The predicted octanol–water partition coefficient (Wildman–Crippen LogP) is 2.06. The predicted molar refractivity (Wildman–Crippen MR) is 87.4 cm³/mol. The average molecular weight is 328 g/mol. The number of carboxylic acids is 1. The molecule has 1 heterocycles. The van der Waals surface area contributed by atoms with Crippen molar-refractivity contribution in [2.45, 2.75) is 32.6 Å². The van der Waals surface area contributed by atoms with Crippen LogP contribution in [-0.4, -0.2) is 38.5 Å². The Morgan fingerprint density at radius 2 is 2.00 bits per heavy atom. The van der Waals surface area contributed by atoms with Crippen molar-refractivity contribution in [3.63, 3.8) is 0 Å². The molecule has 0 bridgehead atoms. The molecule has 1 saturated carbocycles. The van der Waals surface area contributed by atoms with Gasteiger partial charge < -0.3 is 10.4 Å². The Bertz CT molecular complexity index is 748. The molecule has 0 aliphatic heterocycles. The van der Waals surface area contributed by atoms with Crippen molar-refractivity contribution in [1.29, 1.82) is 0 Å². The summed E-state index contributed by atoms with van der Waals surface area (Å²) in [6.45, 7) is 2.70. The van der Waals surface area contributed by atoms with E-state index in [2.05, 4.69) is 15.6 Å². The van der Waals surface area contributed by atoms with E-state index in [0.717, 1.165) is 13.0 Å². The Morgan fingerprint density at radius 3 is 2.58 bits per heavy atom. The van der Waals surface area contributed by atoms with Crippen LogP contribution in [0.15, 0.2) is 24.3 Å². The Balaban J connectivity index is 1.79. The lowest BCUT2D eigenvalue weighted by Gasteiger charge is -2.08. The fourth-order valence-electron chi connectivity index (χ4n) is 2.55. The number of hydrogen-bond acceptors (Lipinski definition) is 4. The fourth-order valence-corrected chi connectivity index (χ4v) is 2.55. The van der Waals surface area contributed by atoms with E-state index in [1.54, 1.807) is 24.3 Å². The molecular formula is C17H20N4O3. The van der Waals surface area contributed by atoms with Crippen molar-refractivity contribution >= 4 is 11.9 Å². The molecule has 24 heavy (non-hydrogen) atoms. The molecule has 7 heteroatoms. The van der Waals surface area contributed by atoms with Crippen LogP contribution in [0.2, 0.25) is 0 Å². The molecule has 7 nitrogen and oxygen atoms in total. The highest BCUT2D eigenvalue weighted by atomic mass is 16.4. The van der Waals surface area contributed by atoms with Gasteiger partial charge in [-0.3, -0.25) is 4.79 Å². The number of nitrogens with zero attached hydrogens (tertiary/aromatic N) is 3. The number of carboxylic acid groups (broad SMARTS) is 1. The number of benzene rings is 1. The van der Waals surface area contributed by atoms with Crippen molar-refractivity contribution in [3.05, 3.63) is 41.2 Å². The monoisotopic (exact) mass is 328 g/mol. The van der Waals surface area contributed by atoms with Gasteiger partial charge in [0.1, 0.15) is 0 Å². The molecule has 126 valence electrons. The number of carbonyl (C=O) groups is 2. The maximum Gasteiger partial charge on any atom is 0.358 e. The molecule has 1 aromatic heterocycles. The minimum absolute atomic E-state index is 0.0249. The van der Waals surface area contributed by atoms with Gasteiger partial charge in [-0.15, -0.1) is 5.10 Å². The first kappa shape index (κ1) is 16.2. The number of nitrogens with one attached hydrogen (secondary N) is 1. The van der Waals surface area contributed by atoms with Gasteiger partial charge in [-0.05, 0) is 49.4 Å². The second-order valence-electron chi connectivity index (χ2n) is 6.05. The summed E-state index contributed by atoms with van der Waals surface area (Å²) in [7, 11) is 0. The number of amides is 1. The molecule has 0 atom stereocenters. The summed E-state index contributed by atoms with van der Waals surface area (Å²) in [5, 5.41) is 19.8. The van der Waals surface area contributed by atoms with E-state index in [-0.39, 0.29) is 11.6 Å². The molecule has 3 rings (SSSR count). The van der Waals surface area contributed by atoms with Crippen LogP contribution < -0.4 is 5.32 Å². The van der Waals surface area contributed by atoms with Crippen LogP contribution in [0.5, 0.6) is 0 Å². The van der Waals surface area contributed by atoms with Crippen LogP contribution in [0.3, 0.4) is 0 Å². The zero-order valence-electron chi connectivity index (χ0n) is 13.5. The van der Waals surface area contributed by atoms with E-state index in [1.165, 1.54) is 17.5 Å². The second-order valence-corrected chi connectivity index (χ2v) is 6.05. The Labute approximate surface area is 139 Å². The van der Waals surface area contributed by atoms with Gasteiger partial charge in [-0.1, -0.05) is 18.6 Å².